The van der Waals surface area contributed by atoms with Gasteiger partial charge in [-0.3, -0.25) is 4.79 Å². The second kappa shape index (κ2) is 9.03. The first-order valence-corrected chi connectivity index (χ1v) is 8.82. The SMILES string of the molecule is CCCOc1cc(C=NNC(=O)c2sc(N)nc2C)ccc1OCC. The number of benzene rings is 1. The molecule has 0 unspecified atom stereocenters. The molecule has 0 saturated heterocycles. The van der Waals surface area contributed by atoms with Crippen LogP contribution in [0.2, 0.25) is 0 Å². The van der Waals surface area contributed by atoms with E-state index < -0.39 is 0 Å². The Morgan fingerprint density at radius 1 is 1.36 bits per heavy atom. The Labute approximate surface area is 150 Å². The number of carbonyl (C=O) groups is 1. The van der Waals surface area contributed by atoms with Gasteiger partial charge in [-0.25, -0.2) is 10.4 Å². The zero-order valence-electron chi connectivity index (χ0n) is 14.5. The number of amides is 1. The molecule has 1 aromatic heterocycles. The summed E-state index contributed by atoms with van der Waals surface area (Å²) in [5.74, 6) is 1.01. The maximum absolute atomic E-state index is 12.1. The standard InChI is InChI=1S/C17H22N4O3S/c1-4-8-24-14-9-12(6-7-13(14)23-5-2)10-19-21-16(22)15-11(3)20-17(18)25-15/h6-7,9-10H,4-5,8H2,1-3H3,(H2,18,20)(H,21,22). The molecule has 7 nitrogen and oxygen atoms in total. The van der Waals surface area contributed by atoms with Gasteiger partial charge in [0.25, 0.3) is 5.91 Å². The highest BCUT2D eigenvalue weighted by Crippen LogP contribution is 2.28. The summed E-state index contributed by atoms with van der Waals surface area (Å²) >= 11 is 1.13. The van der Waals surface area contributed by atoms with Crippen LogP contribution in [0.25, 0.3) is 0 Å². The molecule has 0 atom stereocenters. The number of carbonyl (C=O) groups excluding carboxylic acids is 1. The van der Waals surface area contributed by atoms with Crippen LogP contribution in [0.15, 0.2) is 23.3 Å². The summed E-state index contributed by atoms with van der Waals surface area (Å²) in [4.78, 5) is 16.5. The van der Waals surface area contributed by atoms with Gasteiger partial charge in [-0.15, -0.1) is 0 Å². The van der Waals surface area contributed by atoms with Gasteiger partial charge in [0.2, 0.25) is 0 Å². The summed E-state index contributed by atoms with van der Waals surface area (Å²) < 4.78 is 11.2. The van der Waals surface area contributed by atoms with Crippen LogP contribution in [0.1, 0.15) is 41.2 Å². The van der Waals surface area contributed by atoms with Crippen LogP contribution in [-0.2, 0) is 0 Å². The Hall–Kier alpha value is -2.61. The third-order valence-corrected chi connectivity index (χ3v) is 4.11. The van der Waals surface area contributed by atoms with Crippen molar-refractivity contribution in [3.05, 3.63) is 34.3 Å². The highest BCUT2D eigenvalue weighted by atomic mass is 32.1. The van der Waals surface area contributed by atoms with E-state index in [-0.39, 0.29) is 5.91 Å². The van der Waals surface area contributed by atoms with Gasteiger partial charge in [0.1, 0.15) is 4.88 Å². The fourth-order valence-corrected chi connectivity index (χ4v) is 2.77. The molecule has 1 aromatic carbocycles. The van der Waals surface area contributed by atoms with Crippen LogP contribution in [0.3, 0.4) is 0 Å². The number of hydrogen-bond donors (Lipinski definition) is 2. The number of nitrogens with one attached hydrogen (secondary N) is 1. The normalized spacial score (nSPS) is 10.8. The minimum Gasteiger partial charge on any atom is -0.490 e. The monoisotopic (exact) mass is 362 g/mol. The molecule has 0 aliphatic heterocycles. The molecule has 0 saturated carbocycles. The summed E-state index contributed by atoms with van der Waals surface area (Å²) in [7, 11) is 0. The molecular weight excluding hydrogens is 340 g/mol. The van der Waals surface area contributed by atoms with Crippen molar-refractivity contribution >= 4 is 28.6 Å². The van der Waals surface area contributed by atoms with Gasteiger partial charge < -0.3 is 15.2 Å². The van der Waals surface area contributed by atoms with Crippen molar-refractivity contribution in [2.45, 2.75) is 27.2 Å². The lowest BCUT2D eigenvalue weighted by molar-refractivity contribution is 0.0958. The molecular formula is C17H22N4O3S. The molecule has 2 aromatic rings. The molecule has 134 valence electrons. The summed E-state index contributed by atoms with van der Waals surface area (Å²) in [5.41, 5.74) is 9.45. The molecule has 0 aliphatic rings. The van der Waals surface area contributed by atoms with Gasteiger partial charge in [-0.2, -0.15) is 5.10 Å². The lowest BCUT2D eigenvalue weighted by atomic mass is 10.2. The second-order valence-corrected chi connectivity index (χ2v) is 6.18. The molecule has 0 radical (unpaired) electrons. The largest absolute Gasteiger partial charge is 0.490 e. The van der Waals surface area contributed by atoms with Crippen LogP contribution in [0.4, 0.5) is 5.13 Å². The average molecular weight is 362 g/mol. The van der Waals surface area contributed by atoms with E-state index in [1.807, 2.05) is 32.0 Å². The van der Waals surface area contributed by atoms with Crippen LogP contribution in [0.5, 0.6) is 11.5 Å². The smallest absolute Gasteiger partial charge is 0.283 e. The van der Waals surface area contributed by atoms with Gasteiger partial charge in [-0.05, 0) is 44.0 Å². The van der Waals surface area contributed by atoms with Crippen molar-refractivity contribution in [1.29, 1.82) is 0 Å². The van der Waals surface area contributed by atoms with Gasteiger partial charge in [0.15, 0.2) is 16.6 Å². The number of nitrogens with zero attached hydrogens (tertiary/aromatic N) is 2. The van der Waals surface area contributed by atoms with Crippen LogP contribution >= 0.6 is 11.3 Å². The Morgan fingerprint density at radius 3 is 2.80 bits per heavy atom. The van der Waals surface area contributed by atoms with Crippen LogP contribution in [0, 0.1) is 6.92 Å². The number of aromatic nitrogens is 1. The zero-order chi connectivity index (χ0) is 18.2. The van der Waals surface area contributed by atoms with E-state index in [1.54, 1.807) is 13.1 Å². The molecule has 2 rings (SSSR count). The summed E-state index contributed by atoms with van der Waals surface area (Å²) in [5, 5.41) is 4.34. The van der Waals surface area contributed by atoms with E-state index in [4.69, 9.17) is 15.2 Å². The van der Waals surface area contributed by atoms with E-state index in [0.717, 1.165) is 23.3 Å². The topological polar surface area (TPSA) is 98.8 Å². The fourth-order valence-electron chi connectivity index (χ4n) is 2.05. The number of anilines is 1. The number of ether oxygens (including phenoxy) is 2. The van der Waals surface area contributed by atoms with Crippen molar-refractivity contribution in [3.63, 3.8) is 0 Å². The summed E-state index contributed by atoms with van der Waals surface area (Å²) in [6.45, 7) is 6.85. The molecule has 3 N–H and O–H groups in total. The van der Waals surface area contributed by atoms with E-state index in [9.17, 15) is 4.79 Å². The Morgan fingerprint density at radius 2 is 2.16 bits per heavy atom. The van der Waals surface area contributed by atoms with Crippen molar-refractivity contribution in [3.8, 4) is 11.5 Å². The van der Waals surface area contributed by atoms with Crippen LogP contribution < -0.4 is 20.6 Å². The number of hydrogen-bond acceptors (Lipinski definition) is 7. The minimum atomic E-state index is -0.337. The number of aryl methyl sites for hydroxylation is 1. The van der Waals surface area contributed by atoms with E-state index >= 15 is 0 Å². The lowest BCUT2D eigenvalue weighted by Gasteiger charge is -2.11. The van der Waals surface area contributed by atoms with Gasteiger partial charge >= 0.3 is 0 Å². The molecule has 25 heavy (non-hydrogen) atoms. The Kier molecular flexibility index (Phi) is 6.76. The molecule has 0 aliphatic carbocycles. The number of hydrazone groups is 1. The number of thiazole rings is 1. The average Bonchev–Trinajstić information content (AvgIpc) is 2.93. The molecule has 1 heterocycles. The van der Waals surface area contributed by atoms with Crippen molar-refractivity contribution in [2.75, 3.05) is 18.9 Å². The molecule has 1 amide bonds. The Balaban J connectivity index is 2.06. The van der Waals surface area contributed by atoms with Gasteiger partial charge in [0, 0.05) is 0 Å². The molecule has 8 heteroatoms. The predicted molar refractivity (Wildman–Crippen MR) is 99.7 cm³/mol. The van der Waals surface area contributed by atoms with Crippen LogP contribution in [-0.4, -0.2) is 30.3 Å². The predicted octanol–water partition coefficient (Wildman–Crippen LogP) is 2.99. The minimum absolute atomic E-state index is 0.337. The van der Waals surface area contributed by atoms with Crippen molar-refractivity contribution in [1.82, 2.24) is 10.4 Å². The first-order valence-electron chi connectivity index (χ1n) is 8.01. The zero-order valence-corrected chi connectivity index (χ0v) is 15.4. The maximum atomic E-state index is 12.1. The third-order valence-electron chi connectivity index (χ3n) is 3.13. The second-order valence-electron chi connectivity index (χ2n) is 5.15. The number of rotatable bonds is 8. The highest BCUT2D eigenvalue weighted by molar-refractivity contribution is 7.17. The summed E-state index contributed by atoms with van der Waals surface area (Å²) in [6.07, 6.45) is 2.45. The van der Waals surface area contributed by atoms with E-state index in [2.05, 4.69) is 15.5 Å². The van der Waals surface area contributed by atoms with E-state index in [0.29, 0.717) is 40.4 Å². The van der Waals surface area contributed by atoms with Gasteiger partial charge in [0.05, 0.1) is 25.1 Å². The third kappa shape index (κ3) is 5.18. The maximum Gasteiger partial charge on any atom is 0.283 e. The Bertz CT molecular complexity index is 758. The first kappa shape index (κ1) is 18.7. The van der Waals surface area contributed by atoms with Gasteiger partial charge in [-0.1, -0.05) is 18.3 Å². The van der Waals surface area contributed by atoms with Crippen molar-refractivity contribution < 1.29 is 14.3 Å². The number of nitrogens with two attached hydrogens (primary N) is 1. The molecule has 0 spiro atoms. The molecule has 0 fully saturated rings. The first-order chi connectivity index (χ1) is 12.0. The van der Waals surface area contributed by atoms with Crippen molar-refractivity contribution in [2.24, 2.45) is 5.10 Å². The number of nitrogen functional groups attached to an aromatic ring is 1. The lowest BCUT2D eigenvalue weighted by Crippen LogP contribution is -2.17. The summed E-state index contributed by atoms with van der Waals surface area (Å²) in [6, 6.07) is 5.49. The van der Waals surface area contributed by atoms with E-state index in [1.165, 1.54) is 0 Å². The quantitative estimate of drug-likeness (QED) is 0.555. The highest BCUT2D eigenvalue weighted by Gasteiger charge is 2.13. The molecule has 0 bridgehead atoms. The fraction of sp³-hybridized carbons (Fsp3) is 0.353.